The van der Waals surface area contributed by atoms with Gasteiger partial charge in [-0.25, -0.2) is 0 Å². The maximum absolute atomic E-state index is 12.3. The van der Waals surface area contributed by atoms with Gasteiger partial charge in [-0.1, -0.05) is 31.0 Å². The molecule has 1 saturated heterocycles. The Morgan fingerprint density at radius 1 is 1.00 bits per heavy atom. The number of rotatable bonds is 1. The summed E-state index contributed by atoms with van der Waals surface area (Å²) < 4.78 is 0. The average molecular weight is 229 g/mol. The van der Waals surface area contributed by atoms with E-state index in [0.717, 1.165) is 30.5 Å². The summed E-state index contributed by atoms with van der Waals surface area (Å²) in [5.41, 5.74) is 0.839. The SMILES string of the molecule is O=C(c1ccccc1)N1CC2CCCCC2C1. The summed E-state index contributed by atoms with van der Waals surface area (Å²) >= 11 is 0. The summed E-state index contributed by atoms with van der Waals surface area (Å²) in [6.07, 6.45) is 5.36. The van der Waals surface area contributed by atoms with E-state index in [4.69, 9.17) is 0 Å². The van der Waals surface area contributed by atoms with Crippen LogP contribution < -0.4 is 0 Å². The third-order valence-electron chi connectivity index (χ3n) is 4.28. The van der Waals surface area contributed by atoms with Crippen LogP contribution in [0.5, 0.6) is 0 Å². The number of hydrogen-bond acceptors (Lipinski definition) is 1. The first-order valence-corrected chi connectivity index (χ1v) is 6.69. The van der Waals surface area contributed by atoms with E-state index in [1.807, 2.05) is 30.3 Å². The van der Waals surface area contributed by atoms with Crippen molar-refractivity contribution >= 4 is 5.91 Å². The fraction of sp³-hybridized carbons (Fsp3) is 0.533. The molecule has 90 valence electrons. The average Bonchev–Trinajstić information content (AvgIpc) is 2.82. The van der Waals surface area contributed by atoms with Crippen LogP contribution in [-0.4, -0.2) is 23.9 Å². The molecule has 0 bridgehead atoms. The van der Waals surface area contributed by atoms with Crippen LogP contribution in [0.4, 0.5) is 0 Å². The molecule has 1 heterocycles. The van der Waals surface area contributed by atoms with E-state index >= 15 is 0 Å². The number of benzene rings is 1. The van der Waals surface area contributed by atoms with Gasteiger partial charge in [0.25, 0.3) is 5.91 Å². The second-order valence-electron chi connectivity index (χ2n) is 5.38. The lowest BCUT2D eigenvalue weighted by molar-refractivity contribution is 0.0784. The van der Waals surface area contributed by atoms with Crippen LogP contribution in [0, 0.1) is 11.8 Å². The zero-order valence-corrected chi connectivity index (χ0v) is 10.1. The van der Waals surface area contributed by atoms with Crippen molar-refractivity contribution in [3.8, 4) is 0 Å². The molecule has 1 aromatic carbocycles. The van der Waals surface area contributed by atoms with E-state index in [9.17, 15) is 4.79 Å². The van der Waals surface area contributed by atoms with Gasteiger partial charge in [0.15, 0.2) is 0 Å². The fourth-order valence-electron chi connectivity index (χ4n) is 3.33. The molecule has 2 nitrogen and oxygen atoms in total. The van der Waals surface area contributed by atoms with Crippen molar-refractivity contribution in [2.75, 3.05) is 13.1 Å². The molecule has 1 amide bonds. The van der Waals surface area contributed by atoms with Crippen molar-refractivity contribution < 1.29 is 4.79 Å². The summed E-state index contributed by atoms with van der Waals surface area (Å²) in [5.74, 6) is 1.77. The number of amides is 1. The van der Waals surface area contributed by atoms with Gasteiger partial charge in [0.05, 0.1) is 0 Å². The standard InChI is InChI=1S/C15H19NO/c17-15(12-6-2-1-3-7-12)16-10-13-8-4-5-9-14(13)11-16/h1-3,6-7,13-14H,4-5,8-11H2. The first kappa shape index (κ1) is 10.8. The second kappa shape index (κ2) is 4.52. The number of nitrogens with zero attached hydrogens (tertiary/aromatic N) is 1. The minimum Gasteiger partial charge on any atom is -0.338 e. The van der Waals surface area contributed by atoms with E-state index in [0.29, 0.717) is 0 Å². The normalized spacial score (nSPS) is 27.9. The van der Waals surface area contributed by atoms with Gasteiger partial charge >= 0.3 is 0 Å². The van der Waals surface area contributed by atoms with Crippen LogP contribution in [0.1, 0.15) is 36.0 Å². The van der Waals surface area contributed by atoms with Crippen LogP contribution in [-0.2, 0) is 0 Å². The van der Waals surface area contributed by atoms with E-state index in [2.05, 4.69) is 4.90 Å². The summed E-state index contributed by atoms with van der Waals surface area (Å²) in [6, 6.07) is 9.68. The predicted molar refractivity (Wildman–Crippen MR) is 67.8 cm³/mol. The molecular formula is C15H19NO. The Labute approximate surface area is 103 Å². The van der Waals surface area contributed by atoms with Gasteiger partial charge < -0.3 is 4.90 Å². The summed E-state index contributed by atoms with van der Waals surface area (Å²) in [5, 5.41) is 0. The Hall–Kier alpha value is -1.31. The minimum absolute atomic E-state index is 0.222. The number of hydrogen-bond donors (Lipinski definition) is 0. The van der Waals surface area contributed by atoms with Crippen molar-refractivity contribution in [1.82, 2.24) is 4.90 Å². The Morgan fingerprint density at radius 3 is 2.18 bits per heavy atom. The zero-order valence-electron chi connectivity index (χ0n) is 10.1. The highest BCUT2D eigenvalue weighted by atomic mass is 16.2. The first-order chi connectivity index (χ1) is 8.34. The molecule has 1 saturated carbocycles. The number of carbonyl (C=O) groups excluding carboxylic acids is 1. The monoisotopic (exact) mass is 229 g/mol. The Morgan fingerprint density at radius 2 is 1.59 bits per heavy atom. The van der Waals surface area contributed by atoms with Gasteiger partial charge in [0, 0.05) is 18.7 Å². The predicted octanol–water partition coefficient (Wildman–Crippen LogP) is 2.95. The minimum atomic E-state index is 0.222. The van der Waals surface area contributed by atoms with Crippen LogP contribution in [0.2, 0.25) is 0 Å². The lowest BCUT2D eigenvalue weighted by atomic mass is 9.82. The molecule has 2 aliphatic rings. The molecule has 2 heteroatoms. The molecule has 0 N–H and O–H groups in total. The largest absolute Gasteiger partial charge is 0.338 e. The van der Waals surface area contributed by atoms with Gasteiger partial charge in [-0.3, -0.25) is 4.79 Å². The smallest absolute Gasteiger partial charge is 0.253 e. The van der Waals surface area contributed by atoms with E-state index in [1.54, 1.807) is 0 Å². The van der Waals surface area contributed by atoms with E-state index in [-0.39, 0.29) is 5.91 Å². The van der Waals surface area contributed by atoms with Gasteiger partial charge in [-0.2, -0.15) is 0 Å². The van der Waals surface area contributed by atoms with Crippen molar-refractivity contribution in [3.63, 3.8) is 0 Å². The molecule has 0 radical (unpaired) electrons. The molecule has 1 aliphatic carbocycles. The molecule has 3 rings (SSSR count). The topological polar surface area (TPSA) is 20.3 Å². The highest BCUT2D eigenvalue weighted by molar-refractivity contribution is 5.94. The Balaban J connectivity index is 1.72. The Kier molecular flexibility index (Phi) is 2.87. The molecule has 2 atom stereocenters. The summed E-state index contributed by atoms with van der Waals surface area (Å²) in [4.78, 5) is 14.4. The van der Waals surface area contributed by atoms with Crippen LogP contribution in [0.15, 0.2) is 30.3 Å². The van der Waals surface area contributed by atoms with Crippen molar-refractivity contribution in [2.24, 2.45) is 11.8 Å². The molecule has 17 heavy (non-hydrogen) atoms. The highest BCUT2D eigenvalue weighted by Crippen LogP contribution is 2.36. The van der Waals surface area contributed by atoms with Gasteiger partial charge in [-0.05, 0) is 36.8 Å². The van der Waals surface area contributed by atoms with Crippen LogP contribution in [0.3, 0.4) is 0 Å². The maximum atomic E-state index is 12.3. The van der Waals surface area contributed by atoms with Gasteiger partial charge in [0.2, 0.25) is 0 Å². The highest BCUT2D eigenvalue weighted by Gasteiger charge is 2.36. The maximum Gasteiger partial charge on any atom is 0.253 e. The van der Waals surface area contributed by atoms with E-state index in [1.165, 1.54) is 25.7 Å². The lowest BCUT2D eigenvalue weighted by Crippen LogP contribution is -2.28. The van der Waals surface area contributed by atoms with Gasteiger partial charge in [0.1, 0.15) is 0 Å². The van der Waals surface area contributed by atoms with E-state index < -0.39 is 0 Å². The van der Waals surface area contributed by atoms with Crippen molar-refractivity contribution in [2.45, 2.75) is 25.7 Å². The number of likely N-dealkylation sites (tertiary alicyclic amines) is 1. The summed E-state index contributed by atoms with van der Waals surface area (Å²) in [7, 11) is 0. The number of fused-ring (bicyclic) bond motifs is 1. The molecule has 2 fully saturated rings. The first-order valence-electron chi connectivity index (χ1n) is 6.69. The van der Waals surface area contributed by atoms with Crippen molar-refractivity contribution in [3.05, 3.63) is 35.9 Å². The molecule has 1 aromatic rings. The molecule has 0 spiro atoms. The quantitative estimate of drug-likeness (QED) is 0.725. The molecule has 0 aromatic heterocycles. The molecule has 1 aliphatic heterocycles. The van der Waals surface area contributed by atoms with Crippen LogP contribution >= 0.6 is 0 Å². The van der Waals surface area contributed by atoms with Gasteiger partial charge in [-0.15, -0.1) is 0 Å². The lowest BCUT2D eigenvalue weighted by Gasteiger charge is -2.22. The third-order valence-corrected chi connectivity index (χ3v) is 4.28. The number of carbonyl (C=O) groups is 1. The molecule has 2 unspecified atom stereocenters. The third kappa shape index (κ3) is 2.08. The van der Waals surface area contributed by atoms with Crippen molar-refractivity contribution in [1.29, 1.82) is 0 Å². The second-order valence-corrected chi connectivity index (χ2v) is 5.38. The zero-order chi connectivity index (χ0) is 11.7. The summed E-state index contributed by atoms with van der Waals surface area (Å²) in [6.45, 7) is 1.97. The Bertz CT molecular complexity index is 387. The van der Waals surface area contributed by atoms with Crippen LogP contribution in [0.25, 0.3) is 0 Å². The molecular weight excluding hydrogens is 210 g/mol. The fourth-order valence-corrected chi connectivity index (χ4v) is 3.33.